The van der Waals surface area contributed by atoms with E-state index in [1.54, 1.807) is 0 Å². The summed E-state index contributed by atoms with van der Waals surface area (Å²) >= 11 is 0. The molecule has 0 saturated carbocycles. The van der Waals surface area contributed by atoms with Crippen molar-refractivity contribution in [3.8, 4) is 5.88 Å². The van der Waals surface area contributed by atoms with Gasteiger partial charge >= 0.3 is 0 Å². The van der Waals surface area contributed by atoms with Crippen LogP contribution in [0.5, 0.6) is 5.88 Å². The topological polar surface area (TPSA) is 85.2 Å². The van der Waals surface area contributed by atoms with Gasteiger partial charge in [-0.3, -0.25) is 14.6 Å². The second-order valence-electron chi connectivity index (χ2n) is 2.13. The summed E-state index contributed by atoms with van der Waals surface area (Å²) < 4.78 is 4.72. The molecule has 1 aromatic rings. The van der Waals surface area contributed by atoms with Gasteiger partial charge in [0.15, 0.2) is 5.88 Å². The van der Waals surface area contributed by atoms with Gasteiger partial charge in [0, 0.05) is 0 Å². The van der Waals surface area contributed by atoms with Gasteiger partial charge in [0.1, 0.15) is 5.56 Å². The van der Waals surface area contributed by atoms with Crippen LogP contribution in [0.15, 0.2) is 16.9 Å². The third-order valence-corrected chi connectivity index (χ3v) is 1.37. The molecule has 5 nitrogen and oxygen atoms in total. The van der Waals surface area contributed by atoms with Crippen LogP contribution in [0, 0.1) is 0 Å². The van der Waals surface area contributed by atoms with E-state index in [0.717, 1.165) is 0 Å². The van der Waals surface area contributed by atoms with E-state index in [1.165, 1.54) is 19.2 Å². The maximum absolute atomic E-state index is 11.0. The first-order valence-electron chi connectivity index (χ1n) is 3.22. The Kier molecular flexibility index (Phi) is 2.14. The zero-order chi connectivity index (χ0) is 9.14. The van der Waals surface area contributed by atoms with Crippen molar-refractivity contribution in [3.05, 3.63) is 28.0 Å². The van der Waals surface area contributed by atoms with Crippen molar-refractivity contribution in [2.45, 2.75) is 0 Å². The molecule has 0 spiro atoms. The number of hydrogen-bond acceptors (Lipinski definition) is 3. The lowest BCUT2D eigenvalue weighted by Crippen LogP contribution is -2.23. The van der Waals surface area contributed by atoms with Crippen molar-refractivity contribution >= 4 is 5.91 Å². The fourth-order valence-corrected chi connectivity index (χ4v) is 0.769. The molecular formula is C7H8N2O3. The Labute approximate surface area is 68.2 Å². The van der Waals surface area contributed by atoms with E-state index in [1.807, 2.05) is 0 Å². The second-order valence-corrected chi connectivity index (χ2v) is 2.13. The summed E-state index contributed by atoms with van der Waals surface area (Å²) in [6.07, 6.45) is 0. The number of aromatic amines is 1. The molecular weight excluding hydrogens is 160 g/mol. The Morgan fingerprint density at radius 3 is 2.67 bits per heavy atom. The van der Waals surface area contributed by atoms with Gasteiger partial charge in [-0.1, -0.05) is 0 Å². The van der Waals surface area contributed by atoms with E-state index in [9.17, 15) is 9.59 Å². The fraction of sp³-hybridized carbons (Fsp3) is 0.143. The predicted molar refractivity (Wildman–Crippen MR) is 42.1 cm³/mol. The number of ether oxygens (including phenoxy) is 1. The van der Waals surface area contributed by atoms with Gasteiger partial charge in [0.05, 0.1) is 7.11 Å². The van der Waals surface area contributed by atoms with Gasteiger partial charge in [-0.05, 0) is 12.1 Å². The van der Waals surface area contributed by atoms with Crippen molar-refractivity contribution in [2.24, 2.45) is 5.73 Å². The standard InChI is InChI=1S/C7H8N2O3/c1-12-5-3-2-4(6(8)10)7(11)9-5/h2-3H,1H3,(H2,8,10)(H,9,11). The monoisotopic (exact) mass is 168 g/mol. The molecule has 0 aliphatic rings. The number of primary amides is 1. The molecule has 0 radical (unpaired) electrons. The smallest absolute Gasteiger partial charge is 0.263 e. The molecule has 0 aliphatic carbocycles. The van der Waals surface area contributed by atoms with E-state index in [4.69, 9.17) is 10.5 Å². The van der Waals surface area contributed by atoms with Crippen molar-refractivity contribution < 1.29 is 9.53 Å². The average Bonchev–Trinajstić information content (AvgIpc) is 2.03. The molecule has 0 aromatic carbocycles. The van der Waals surface area contributed by atoms with E-state index in [2.05, 4.69) is 4.98 Å². The number of nitrogens with one attached hydrogen (secondary N) is 1. The Morgan fingerprint density at radius 1 is 1.58 bits per heavy atom. The molecule has 1 aromatic heterocycles. The zero-order valence-electron chi connectivity index (χ0n) is 6.46. The third kappa shape index (κ3) is 1.45. The minimum absolute atomic E-state index is 0.0733. The molecule has 0 unspecified atom stereocenters. The van der Waals surface area contributed by atoms with Crippen LogP contribution in [0.1, 0.15) is 10.4 Å². The van der Waals surface area contributed by atoms with Crippen LogP contribution < -0.4 is 16.0 Å². The number of rotatable bonds is 2. The highest BCUT2D eigenvalue weighted by molar-refractivity contribution is 5.92. The molecule has 64 valence electrons. The average molecular weight is 168 g/mol. The van der Waals surface area contributed by atoms with Crippen LogP contribution in [0.4, 0.5) is 0 Å². The number of hydrogen-bond donors (Lipinski definition) is 2. The Bertz CT molecular complexity index is 356. The minimum Gasteiger partial charge on any atom is -0.482 e. The summed E-state index contributed by atoms with van der Waals surface area (Å²) in [6.45, 7) is 0. The van der Waals surface area contributed by atoms with Gasteiger partial charge < -0.3 is 10.5 Å². The first kappa shape index (κ1) is 8.32. The molecule has 5 heteroatoms. The fourth-order valence-electron chi connectivity index (χ4n) is 0.769. The summed E-state index contributed by atoms with van der Waals surface area (Å²) in [6, 6.07) is 2.78. The Balaban J connectivity index is 3.21. The number of aromatic nitrogens is 1. The predicted octanol–water partition coefficient (Wildman–Crippen LogP) is -0.518. The van der Waals surface area contributed by atoms with Gasteiger partial charge in [-0.15, -0.1) is 0 Å². The van der Waals surface area contributed by atoms with Crippen LogP contribution >= 0.6 is 0 Å². The molecule has 1 amide bonds. The van der Waals surface area contributed by atoms with E-state index < -0.39 is 11.5 Å². The van der Waals surface area contributed by atoms with Gasteiger partial charge in [-0.2, -0.15) is 0 Å². The Hall–Kier alpha value is -1.78. The summed E-state index contributed by atoms with van der Waals surface area (Å²) in [7, 11) is 1.41. The highest BCUT2D eigenvalue weighted by Crippen LogP contribution is 2.01. The molecule has 0 aliphatic heterocycles. The number of pyridine rings is 1. The number of methoxy groups -OCH3 is 1. The van der Waals surface area contributed by atoms with E-state index >= 15 is 0 Å². The number of carbonyl (C=O) groups excluding carboxylic acids is 1. The molecule has 0 atom stereocenters. The van der Waals surface area contributed by atoms with Crippen molar-refractivity contribution in [3.63, 3.8) is 0 Å². The first-order chi connectivity index (χ1) is 5.65. The van der Waals surface area contributed by atoms with Crippen LogP contribution in [-0.2, 0) is 0 Å². The number of carbonyl (C=O) groups is 1. The lowest BCUT2D eigenvalue weighted by molar-refractivity contribution is 0.0999. The highest BCUT2D eigenvalue weighted by atomic mass is 16.5. The van der Waals surface area contributed by atoms with Crippen LogP contribution in [0.25, 0.3) is 0 Å². The molecule has 12 heavy (non-hydrogen) atoms. The molecule has 1 rings (SSSR count). The molecule has 0 saturated heterocycles. The number of nitrogens with two attached hydrogens (primary N) is 1. The van der Waals surface area contributed by atoms with Crippen molar-refractivity contribution in [1.29, 1.82) is 0 Å². The molecule has 3 N–H and O–H groups in total. The lowest BCUT2D eigenvalue weighted by Gasteiger charge is -1.98. The van der Waals surface area contributed by atoms with Crippen LogP contribution in [0.3, 0.4) is 0 Å². The number of H-pyrrole nitrogens is 1. The molecule has 0 fully saturated rings. The summed E-state index contributed by atoms with van der Waals surface area (Å²) in [5.74, 6) is -0.455. The van der Waals surface area contributed by atoms with Gasteiger partial charge in [-0.25, -0.2) is 0 Å². The summed E-state index contributed by atoms with van der Waals surface area (Å²) in [4.78, 5) is 23.9. The normalized spacial score (nSPS) is 9.42. The number of amides is 1. The van der Waals surface area contributed by atoms with E-state index in [-0.39, 0.29) is 5.56 Å². The van der Waals surface area contributed by atoms with E-state index in [0.29, 0.717) is 5.88 Å². The lowest BCUT2D eigenvalue weighted by atomic mass is 10.3. The van der Waals surface area contributed by atoms with Gasteiger partial charge in [0.25, 0.3) is 11.5 Å². The minimum atomic E-state index is -0.751. The highest BCUT2D eigenvalue weighted by Gasteiger charge is 2.05. The maximum Gasteiger partial charge on any atom is 0.263 e. The zero-order valence-corrected chi connectivity index (χ0v) is 6.46. The largest absolute Gasteiger partial charge is 0.482 e. The van der Waals surface area contributed by atoms with Crippen molar-refractivity contribution in [1.82, 2.24) is 4.98 Å². The van der Waals surface area contributed by atoms with Crippen LogP contribution in [0.2, 0.25) is 0 Å². The van der Waals surface area contributed by atoms with Gasteiger partial charge in [0.2, 0.25) is 0 Å². The van der Waals surface area contributed by atoms with Crippen molar-refractivity contribution in [2.75, 3.05) is 7.11 Å². The maximum atomic E-state index is 11.0. The quantitative estimate of drug-likeness (QED) is 0.623. The molecule has 0 bridgehead atoms. The SMILES string of the molecule is COc1ccc(C(N)=O)c(=O)[nH]1. The third-order valence-electron chi connectivity index (χ3n) is 1.37. The summed E-state index contributed by atoms with van der Waals surface area (Å²) in [5, 5.41) is 0. The Morgan fingerprint density at radius 2 is 2.25 bits per heavy atom. The first-order valence-corrected chi connectivity index (χ1v) is 3.22. The van der Waals surface area contributed by atoms with Crippen LogP contribution in [-0.4, -0.2) is 18.0 Å². The molecule has 1 heterocycles. The summed E-state index contributed by atoms with van der Waals surface area (Å²) in [5.41, 5.74) is 4.29. The second kappa shape index (κ2) is 3.08.